The molecule has 1 fully saturated rings. The van der Waals surface area contributed by atoms with Crippen LogP contribution in [0.2, 0.25) is 0 Å². The number of nitrogens with one attached hydrogen (secondary N) is 1. The van der Waals surface area contributed by atoms with E-state index in [2.05, 4.69) is 29.2 Å². The zero-order valence-corrected chi connectivity index (χ0v) is 11.6. The normalized spacial score (nSPS) is 21.7. The summed E-state index contributed by atoms with van der Waals surface area (Å²) in [5, 5.41) is 22.3. The van der Waals surface area contributed by atoms with E-state index in [0.717, 1.165) is 31.7 Å². The van der Waals surface area contributed by atoms with Crippen LogP contribution < -0.4 is 5.32 Å². The molecule has 0 radical (unpaired) electrons. The van der Waals surface area contributed by atoms with Crippen molar-refractivity contribution in [3.05, 3.63) is 23.8 Å². The van der Waals surface area contributed by atoms with Crippen LogP contribution >= 0.6 is 0 Å². The van der Waals surface area contributed by atoms with Crippen LogP contribution in [-0.2, 0) is 6.54 Å². The average Bonchev–Trinajstić information content (AvgIpc) is 2.36. The second kappa shape index (κ2) is 6.23. The molecule has 5 nitrogen and oxygen atoms in total. The van der Waals surface area contributed by atoms with Gasteiger partial charge in [0, 0.05) is 50.4 Å². The maximum Gasteiger partial charge on any atom is 0.123 e. The Morgan fingerprint density at radius 3 is 2.79 bits per heavy atom. The molecule has 0 spiro atoms. The fraction of sp³-hybridized carbons (Fsp3) is 0.571. The van der Waals surface area contributed by atoms with Gasteiger partial charge in [0.05, 0.1) is 0 Å². The SMILES string of the molecule is CN1CCN(C)C(CNCc2ccc(O)cc2O)C1. The molecule has 0 aromatic heterocycles. The first-order valence-electron chi connectivity index (χ1n) is 6.66. The van der Waals surface area contributed by atoms with E-state index in [0.29, 0.717) is 12.6 Å². The van der Waals surface area contributed by atoms with Crippen LogP contribution in [0.4, 0.5) is 0 Å². The Morgan fingerprint density at radius 2 is 2.05 bits per heavy atom. The van der Waals surface area contributed by atoms with Gasteiger partial charge in [-0.25, -0.2) is 0 Å². The molecule has 106 valence electrons. The molecule has 1 aromatic rings. The van der Waals surface area contributed by atoms with Crippen molar-refractivity contribution >= 4 is 0 Å². The van der Waals surface area contributed by atoms with Crippen molar-refractivity contribution in [1.29, 1.82) is 0 Å². The van der Waals surface area contributed by atoms with E-state index in [1.54, 1.807) is 12.1 Å². The molecule has 3 N–H and O–H groups in total. The van der Waals surface area contributed by atoms with Crippen LogP contribution in [0.5, 0.6) is 11.5 Å². The van der Waals surface area contributed by atoms with Gasteiger partial charge in [0.1, 0.15) is 11.5 Å². The molecule has 1 unspecified atom stereocenters. The fourth-order valence-corrected chi connectivity index (χ4v) is 2.40. The fourth-order valence-electron chi connectivity index (χ4n) is 2.40. The van der Waals surface area contributed by atoms with Crippen LogP contribution in [0, 0.1) is 0 Å². The summed E-state index contributed by atoms with van der Waals surface area (Å²) in [5.74, 6) is 0.233. The molecular weight excluding hydrogens is 242 g/mol. The first-order chi connectivity index (χ1) is 9.06. The van der Waals surface area contributed by atoms with Crippen molar-refractivity contribution in [2.45, 2.75) is 12.6 Å². The van der Waals surface area contributed by atoms with Crippen molar-refractivity contribution in [3.63, 3.8) is 0 Å². The Kier molecular flexibility index (Phi) is 4.63. The summed E-state index contributed by atoms with van der Waals surface area (Å²) in [6.45, 7) is 4.77. The van der Waals surface area contributed by atoms with Crippen LogP contribution in [0.3, 0.4) is 0 Å². The molecule has 1 aromatic carbocycles. The largest absolute Gasteiger partial charge is 0.508 e. The number of phenols is 2. The highest BCUT2D eigenvalue weighted by Gasteiger charge is 2.21. The predicted molar refractivity (Wildman–Crippen MR) is 75.4 cm³/mol. The molecule has 1 aliphatic rings. The average molecular weight is 265 g/mol. The molecule has 1 aliphatic heterocycles. The molecule has 19 heavy (non-hydrogen) atoms. The molecule has 5 heteroatoms. The molecule has 0 saturated carbocycles. The second-order valence-electron chi connectivity index (χ2n) is 5.34. The highest BCUT2D eigenvalue weighted by molar-refractivity contribution is 5.38. The lowest BCUT2D eigenvalue weighted by Crippen LogP contribution is -2.53. The van der Waals surface area contributed by atoms with Gasteiger partial charge >= 0.3 is 0 Å². The Bertz CT molecular complexity index is 425. The minimum Gasteiger partial charge on any atom is -0.508 e. The monoisotopic (exact) mass is 265 g/mol. The second-order valence-corrected chi connectivity index (χ2v) is 5.34. The Hall–Kier alpha value is -1.30. The number of hydrogen-bond acceptors (Lipinski definition) is 5. The molecule has 1 saturated heterocycles. The summed E-state index contributed by atoms with van der Waals surface area (Å²) in [6.07, 6.45) is 0. The van der Waals surface area contributed by atoms with E-state index in [4.69, 9.17) is 0 Å². The maximum atomic E-state index is 9.70. The van der Waals surface area contributed by atoms with Gasteiger partial charge in [-0.05, 0) is 20.2 Å². The number of aromatic hydroxyl groups is 2. The quantitative estimate of drug-likeness (QED) is 0.737. The molecule has 1 heterocycles. The Morgan fingerprint density at radius 1 is 1.26 bits per heavy atom. The van der Waals surface area contributed by atoms with E-state index < -0.39 is 0 Å². The van der Waals surface area contributed by atoms with Crippen LogP contribution in [-0.4, -0.2) is 66.3 Å². The molecule has 0 amide bonds. The number of phenolic OH excluding ortho intramolecular Hbond substituents is 2. The van der Waals surface area contributed by atoms with Crippen molar-refractivity contribution in [3.8, 4) is 11.5 Å². The lowest BCUT2D eigenvalue weighted by Gasteiger charge is -2.37. The summed E-state index contributed by atoms with van der Waals surface area (Å²) < 4.78 is 0. The van der Waals surface area contributed by atoms with Crippen molar-refractivity contribution in [2.75, 3.05) is 40.3 Å². The Labute approximate surface area is 114 Å². The zero-order valence-electron chi connectivity index (χ0n) is 11.6. The summed E-state index contributed by atoms with van der Waals surface area (Å²) in [5.41, 5.74) is 0.810. The summed E-state index contributed by atoms with van der Waals surface area (Å²) in [7, 11) is 4.29. The highest BCUT2D eigenvalue weighted by atomic mass is 16.3. The minimum absolute atomic E-state index is 0.0925. The zero-order chi connectivity index (χ0) is 13.8. The number of rotatable bonds is 4. The third-order valence-electron chi connectivity index (χ3n) is 3.74. The summed E-state index contributed by atoms with van der Waals surface area (Å²) in [4.78, 5) is 4.70. The van der Waals surface area contributed by atoms with Crippen LogP contribution in [0.25, 0.3) is 0 Å². The van der Waals surface area contributed by atoms with Gasteiger partial charge in [0.2, 0.25) is 0 Å². The number of piperazine rings is 1. The molecule has 0 bridgehead atoms. The lowest BCUT2D eigenvalue weighted by atomic mass is 10.1. The standard InChI is InChI=1S/C14H23N3O2/c1-16-5-6-17(2)12(10-16)9-15-8-11-3-4-13(18)7-14(11)19/h3-4,7,12,15,18-19H,5-6,8-10H2,1-2H3. The van der Waals surface area contributed by atoms with Crippen LogP contribution in [0.15, 0.2) is 18.2 Å². The van der Waals surface area contributed by atoms with E-state index in [1.807, 2.05) is 0 Å². The lowest BCUT2D eigenvalue weighted by molar-refractivity contribution is 0.113. The van der Waals surface area contributed by atoms with Gasteiger partial charge in [0.25, 0.3) is 0 Å². The van der Waals surface area contributed by atoms with Gasteiger partial charge in [-0.2, -0.15) is 0 Å². The third kappa shape index (κ3) is 3.83. The van der Waals surface area contributed by atoms with E-state index in [-0.39, 0.29) is 11.5 Å². The predicted octanol–water partition coefficient (Wildman–Crippen LogP) is 0.433. The van der Waals surface area contributed by atoms with E-state index in [1.165, 1.54) is 6.07 Å². The van der Waals surface area contributed by atoms with Crippen molar-refractivity contribution in [1.82, 2.24) is 15.1 Å². The van der Waals surface area contributed by atoms with Crippen molar-refractivity contribution < 1.29 is 10.2 Å². The van der Waals surface area contributed by atoms with E-state index >= 15 is 0 Å². The number of nitrogens with zero attached hydrogens (tertiary/aromatic N) is 2. The molecule has 2 rings (SSSR count). The smallest absolute Gasteiger partial charge is 0.123 e. The number of benzene rings is 1. The van der Waals surface area contributed by atoms with Gasteiger partial charge in [-0.1, -0.05) is 6.07 Å². The van der Waals surface area contributed by atoms with Gasteiger partial charge < -0.3 is 20.4 Å². The van der Waals surface area contributed by atoms with Gasteiger partial charge in [-0.15, -0.1) is 0 Å². The first-order valence-corrected chi connectivity index (χ1v) is 6.66. The first kappa shape index (κ1) is 14.1. The minimum atomic E-state index is 0.0925. The molecule has 0 aliphatic carbocycles. The molecular formula is C14H23N3O2. The third-order valence-corrected chi connectivity index (χ3v) is 3.74. The van der Waals surface area contributed by atoms with Gasteiger partial charge in [-0.3, -0.25) is 4.90 Å². The van der Waals surface area contributed by atoms with Crippen molar-refractivity contribution in [2.24, 2.45) is 0 Å². The topological polar surface area (TPSA) is 59.0 Å². The summed E-state index contributed by atoms with van der Waals surface area (Å²) >= 11 is 0. The van der Waals surface area contributed by atoms with Crippen LogP contribution in [0.1, 0.15) is 5.56 Å². The van der Waals surface area contributed by atoms with E-state index in [9.17, 15) is 10.2 Å². The maximum absolute atomic E-state index is 9.70. The van der Waals surface area contributed by atoms with Gasteiger partial charge in [0.15, 0.2) is 0 Å². The number of hydrogen-bond donors (Lipinski definition) is 3. The number of likely N-dealkylation sites (N-methyl/N-ethyl adjacent to an activating group) is 2. The molecule has 1 atom stereocenters. The Balaban J connectivity index is 1.82. The summed E-state index contributed by atoms with van der Waals surface area (Å²) in [6, 6.07) is 5.21. The highest BCUT2D eigenvalue weighted by Crippen LogP contribution is 2.22.